The molecule has 1 rings (SSSR count). The summed E-state index contributed by atoms with van der Waals surface area (Å²) in [4.78, 5) is 10.7. The van der Waals surface area contributed by atoms with Crippen LogP contribution in [0.25, 0.3) is 0 Å². The lowest BCUT2D eigenvalue weighted by molar-refractivity contribution is -0.140. The number of carboxylic acids is 1. The molecular weight excluding hydrogens is 280 g/mol. The van der Waals surface area contributed by atoms with Crippen molar-refractivity contribution in [2.24, 2.45) is 17.8 Å². The molecule has 96 valence electrons. The molecule has 0 unspecified atom stereocenters. The summed E-state index contributed by atoms with van der Waals surface area (Å²) in [5, 5.41) is 8.84. The first-order valence-electron chi connectivity index (χ1n) is 6.21. The van der Waals surface area contributed by atoms with Gasteiger partial charge in [0.1, 0.15) is 0 Å². The lowest BCUT2D eigenvalue weighted by Crippen LogP contribution is -2.12. The smallest absolute Gasteiger partial charge is 0.306 e. The van der Waals surface area contributed by atoms with Crippen molar-refractivity contribution >= 4 is 21.9 Å². The van der Waals surface area contributed by atoms with Gasteiger partial charge in [0.15, 0.2) is 0 Å². The van der Waals surface area contributed by atoms with Gasteiger partial charge in [0.05, 0.1) is 5.92 Å². The zero-order chi connectivity index (χ0) is 13.0. The Labute approximate surface area is 112 Å². The zero-order valence-corrected chi connectivity index (χ0v) is 12.3. The van der Waals surface area contributed by atoms with E-state index in [1.54, 1.807) is 6.92 Å². The molecule has 0 spiro atoms. The van der Waals surface area contributed by atoms with Gasteiger partial charge in [-0.25, -0.2) is 0 Å². The second-order valence-electron chi connectivity index (χ2n) is 5.17. The standard InChI is InChI=1S/C14H21BrO2/c1-9(2)12-7-6-11(13(15)8-12)5-4-10(3)14(16)17/h5,8-10,12H,4,6-7H2,1-3H3,(H,16,17)/b11-5+/t10-,12+/m1/s1. The van der Waals surface area contributed by atoms with Crippen LogP contribution >= 0.6 is 15.9 Å². The lowest BCUT2D eigenvalue weighted by atomic mass is 9.84. The van der Waals surface area contributed by atoms with E-state index in [1.165, 1.54) is 12.0 Å². The fourth-order valence-electron chi connectivity index (χ4n) is 1.97. The van der Waals surface area contributed by atoms with E-state index < -0.39 is 5.97 Å². The van der Waals surface area contributed by atoms with Crippen LogP contribution in [0.15, 0.2) is 22.2 Å². The Morgan fingerprint density at radius 3 is 2.71 bits per heavy atom. The summed E-state index contributed by atoms with van der Waals surface area (Å²) in [5.41, 5.74) is 1.26. The van der Waals surface area contributed by atoms with E-state index in [1.807, 2.05) is 0 Å². The molecule has 0 radical (unpaired) electrons. The SMILES string of the molecule is CC(C)[C@@H]1C=C(Br)/C(=C/C[C@@H](C)C(=O)O)CC1. The number of halogens is 1. The minimum absolute atomic E-state index is 0.300. The fourth-order valence-corrected chi connectivity index (χ4v) is 2.66. The average molecular weight is 301 g/mol. The molecule has 0 amide bonds. The normalized spacial score (nSPS) is 24.9. The molecule has 0 aromatic carbocycles. The number of allylic oxidation sites excluding steroid dienone is 4. The van der Waals surface area contributed by atoms with Crippen LogP contribution in [0.3, 0.4) is 0 Å². The van der Waals surface area contributed by atoms with E-state index in [2.05, 4.69) is 41.9 Å². The van der Waals surface area contributed by atoms with E-state index in [4.69, 9.17) is 5.11 Å². The Bertz CT molecular complexity index is 342. The van der Waals surface area contributed by atoms with Crippen molar-refractivity contribution in [3.8, 4) is 0 Å². The Kier molecular flexibility index (Phi) is 5.44. The van der Waals surface area contributed by atoms with E-state index in [9.17, 15) is 4.79 Å². The van der Waals surface area contributed by atoms with Gasteiger partial charge < -0.3 is 5.11 Å². The van der Waals surface area contributed by atoms with Gasteiger partial charge in [0, 0.05) is 4.48 Å². The molecule has 3 heteroatoms. The summed E-state index contributed by atoms with van der Waals surface area (Å²) in [6, 6.07) is 0. The maximum absolute atomic E-state index is 10.7. The number of rotatable bonds is 4. The summed E-state index contributed by atoms with van der Waals surface area (Å²) in [6.45, 7) is 6.22. The second-order valence-corrected chi connectivity index (χ2v) is 6.02. The van der Waals surface area contributed by atoms with Gasteiger partial charge in [-0.1, -0.05) is 48.9 Å². The van der Waals surface area contributed by atoms with Gasteiger partial charge in [0.2, 0.25) is 0 Å². The van der Waals surface area contributed by atoms with E-state index >= 15 is 0 Å². The quantitative estimate of drug-likeness (QED) is 0.837. The van der Waals surface area contributed by atoms with Crippen molar-refractivity contribution < 1.29 is 9.90 Å². The van der Waals surface area contributed by atoms with Crippen LogP contribution in [0.5, 0.6) is 0 Å². The van der Waals surface area contributed by atoms with Crippen molar-refractivity contribution in [1.82, 2.24) is 0 Å². The van der Waals surface area contributed by atoms with Crippen molar-refractivity contribution in [3.05, 3.63) is 22.2 Å². The Hall–Kier alpha value is -0.570. The van der Waals surface area contributed by atoms with Gasteiger partial charge in [-0.05, 0) is 36.7 Å². The van der Waals surface area contributed by atoms with Crippen molar-refractivity contribution in [3.63, 3.8) is 0 Å². The maximum Gasteiger partial charge on any atom is 0.306 e. The Morgan fingerprint density at radius 2 is 2.24 bits per heavy atom. The molecule has 1 aliphatic carbocycles. The monoisotopic (exact) mass is 300 g/mol. The maximum atomic E-state index is 10.7. The van der Waals surface area contributed by atoms with Gasteiger partial charge in [-0.3, -0.25) is 4.79 Å². The highest BCUT2D eigenvalue weighted by atomic mass is 79.9. The number of hydrogen-bond acceptors (Lipinski definition) is 1. The predicted molar refractivity (Wildman–Crippen MR) is 74.1 cm³/mol. The molecule has 2 nitrogen and oxygen atoms in total. The summed E-state index contributed by atoms with van der Waals surface area (Å²) in [6.07, 6.45) is 7.16. The van der Waals surface area contributed by atoms with Gasteiger partial charge in [-0.15, -0.1) is 0 Å². The van der Waals surface area contributed by atoms with E-state index in [-0.39, 0.29) is 5.92 Å². The molecule has 0 aromatic heterocycles. The van der Waals surface area contributed by atoms with Gasteiger partial charge in [-0.2, -0.15) is 0 Å². The molecule has 0 aromatic rings. The number of carbonyl (C=O) groups is 1. The van der Waals surface area contributed by atoms with Gasteiger partial charge in [0.25, 0.3) is 0 Å². The lowest BCUT2D eigenvalue weighted by Gasteiger charge is -2.24. The van der Waals surface area contributed by atoms with E-state index in [0.717, 1.165) is 10.9 Å². The number of aliphatic carboxylic acids is 1. The molecule has 0 aliphatic heterocycles. The van der Waals surface area contributed by atoms with Crippen LogP contribution < -0.4 is 0 Å². The molecule has 0 saturated heterocycles. The van der Waals surface area contributed by atoms with Crippen molar-refractivity contribution in [2.75, 3.05) is 0 Å². The first kappa shape index (κ1) is 14.5. The molecule has 0 bridgehead atoms. The second kappa shape index (κ2) is 6.39. The van der Waals surface area contributed by atoms with Crippen LogP contribution in [0.4, 0.5) is 0 Å². The third kappa shape index (κ3) is 4.30. The van der Waals surface area contributed by atoms with Crippen LogP contribution in [0, 0.1) is 17.8 Å². The highest BCUT2D eigenvalue weighted by Crippen LogP contribution is 2.35. The minimum atomic E-state index is -0.724. The third-order valence-corrected chi connectivity index (χ3v) is 4.18. The molecule has 17 heavy (non-hydrogen) atoms. The fraction of sp³-hybridized carbons (Fsp3) is 0.643. The van der Waals surface area contributed by atoms with E-state index in [0.29, 0.717) is 18.3 Å². The molecule has 0 saturated carbocycles. The summed E-state index contributed by atoms with van der Waals surface area (Å²) < 4.78 is 1.15. The first-order chi connectivity index (χ1) is 7.91. The highest BCUT2D eigenvalue weighted by molar-refractivity contribution is 9.12. The van der Waals surface area contributed by atoms with Crippen LogP contribution in [-0.4, -0.2) is 11.1 Å². The van der Waals surface area contributed by atoms with Crippen molar-refractivity contribution in [2.45, 2.75) is 40.0 Å². The Morgan fingerprint density at radius 1 is 1.59 bits per heavy atom. The molecule has 0 fully saturated rings. The molecule has 1 N–H and O–H groups in total. The molecule has 0 heterocycles. The predicted octanol–water partition coefficient (Wildman–Crippen LogP) is 4.37. The highest BCUT2D eigenvalue weighted by Gasteiger charge is 2.19. The third-order valence-electron chi connectivity index (χ3n) is 3.41. The molecule has 1 aliphatic rings. The number of carboxylic acid groups (broad SMARTS) is 1. The largest absolute Gasteiger partial charge is 0.481 e. The molecular formula is C14H21BrO2. The minimum Gasteiger partial charge on any atom is -0.481 e. The zero-order valence-electron chi connectivity index (χ0n) is 10.7. The summed E-state index contributed by atoms with van der Waals surface area (Å²) in [5.74, 6) is 0.281. The Balaban J connectivity index is 2.66. The van der Waals surface area contributed by atoms with Gasteiger partial charge >= 0.3 is 5.97 Å². The summed E-state index contributed by atoms with van der Waals surface area (Å²) >= 11 is 3.60. The average Bonchev–Trinajstić information content (AvgIpc) is 2.26. The van der Waals surface area contributed by atoms with Crippen LogP contribution in [-0.2, 0) is 4.79 Å². The van der Waals surface area contributed by atoms with Crippen molar-refractivity contribution in [1.29, 1.82) is 0 Å². The topological polar surface area (TPSA) is 37.3 Å². The van der Waals surface area contributed by atoms with Crippen LogP contribution in [0.2, 0.25) is 0 Å². The first-order valence-corrected chi connectivity index (χ1v) is 7.00. The van der Waals surface area contributed by atoms with Crippen LogP contribution in [0.1, 0.15) is 40.0 Å². The molecule has 2 atom stereocenters. The summed E-state index contributed by atoms with van der Waals surface area (Å²) in [7, 11) is 0. The number of hydrogen-bond donors (Lipinski definition) is 1.